The van der Waals surface area contributed by atoms with Crippen molar-refractivity contribution in [1.29, 1.82) is 5.26 Å². The van der Waals surface area contributed by atoms with Crippen LogP contribution in [0.4, 0.5) is 0 Å². The van der Waals surface area contributed by atoms with Crippen LogP contribution in [0.3, 0.4) is 0 Å². The molecule has 2 rings (SSSR count). The fraction of sp³-hybridized carbons (Fsp3) is 0.278. The Morgan fingerprint density at radius 3 is 2.57 bits per heavy atom. The number of nitrogens with zero attached hydrogens (tertiary/aromatic N) is 2. The third kappa shape index (κ3) is 4.25. The third-order valence-corrected chi connectivity index (χ3v) is 3.57. The summed E-state index contributed by atoms with van der Waals surface area (Å²) in [5, 5.41) is 8.74. The molecule has 0 aliphatic heterocycles. The molecule has 2 aromatic rings. The number of aromatic nitrogens is 1. The highest BCUT2D eigenvalue weighted by molar-refractivity contribution is 5.83. The van der Waals surface area contributed by atoms with E-state index in [2.05, 4.69) is 11.1 Å². The number of carbonyl (C=O) groups is 1. The quantitative estimate of drug-likeness (QED) is 0.810. The normalized spacial score (nSPS) is 11.6. The number of carbonyl (C=O) groups excluding carboxylic acids is 1. The zero-order chi connectivity index (χ0) is 15.1. The molecule has 1 aromatic carbocycles. The summed E-state index contributed by atoms with van der Waals surface area (Å²) in [6.07, 6.45) is 4.14. The SMILES string of the molecule is CC(=O)C(CCCc1ccc(C#N)cn1)c1ccccc1. The number of Topliss-reactive ketones (excluding diaryl/α,β-unsaturated/α-hetero) is 1. The van der Waals surface area contributed by atoms with Crippen LogP contribution in [-0.4, -0.2) is 10.8 Å². The Morgan fingerprint density at radius 1 is 1.24 bits per heavy atom. The van der Waals surface area contributed by atoms with Gasteiger partial charge in [0.05, 0.1) is 5.56 Å². The van der Waals surface area contributed by atoms with Gasteiger partial charge in [0.1, 0.15) is 11.9 Å². The van der Waals surface area contributed by atoms with E-state index in [9.17, 15) is 4.79 Å². The standard InChI is InChI=1S/C18H18N2O/c1-14(21)18(16-6-3-2-4-7-16)9-5-8-17-11-10-15(12-19)13-20-17/h2-4,6-7,10-11,13,18H,5,8-9H2,1H3. The number of ketones is 1. The van der Waals surface area contributed by atoms with E-state index in [4.69, 9.17) is 5.26 Å². The summed E-state index contributed by atoms with van der Waals surface area (Å²) in [5.74, 6) is 0.165. The summed E-state index contributed by atoms with van der Waals surface area (Å²) >= 11 is 0. The predicted octanol–water partition coefficient (Wildman–Crippen LogP) is 3.65. The average Bonchev–Trinajstić information content (AvgIpc) is 2.52. The number of aryl methyl sites for hydroxylation is 1. The van der Waals surface area contributed by atoms with Crippen LogP contribution < -0.4 is 0 Å². The Hall–Kier alpha value is -2.47. The van der Waals surface area contributed by atoms with Crippen LogP contribution in [0.15, 0.2) is 48.7 Å². The van der Waals surface area contributed by atoms with Gasteiger partial charge < -0.3 is 0 Å². The first-order valence-corrected chi connectivity index (χ1v) is 7.11. The molecule has 1 unspecified atom stereocenters. The second-order valence-corrected chi connectivity index (χ2v) is 5.12. The van der Waals surface area contributed by atoms with Crippen molar-refractivity contribution in [2.45, 2.75) is 32.1 Å². The molecule has 0 bridgehead atoms. The first-order chi connectivity index (χ1) is 10.2. The van der Waals surface area contributed by atoms with E-state index < -0.39 is 0 Å². The Kier molecular flexibility index (Phi) is 5.22. The van der Waals surface area contributed by atoms with Crippen molar-refractivity contribution < 1.29 is 4.79 Å². The molecule has 0 aliphatic rings. The van der Waals surface area contributed by atoms with Crippen molar-refractivity contribution in [3.8, 4) is 6.07 Å². The minimum Gasteiger partial charge on any atom is -0.299 e. The van der Waals surface area contributed by atoms with Crippen molar-refractivity contribution in [2.24, 2.45) is 0 Å². The topological polar surface area (TPSA) is 53.8 Å². The van der Waals surface area contributed by atoms with Crippen LogP contribution in [0.2, 0.25) is 0 Å². The number of hydrogen-bond acceptors (Lipinski definition) is 3. The van der Waals surface area contributed by atoms with Gasteiger partial charge in [0, 0.05) is 17.8 Å². The molecule has 0 saturated heterocycles. The fourth-order valence-corrected chi connectivity index (χ4v) is 2.42. The van der Waals surface area contributed by atoms with Gasteiger partial charge in [-0.05, 0) is 43.9 Å². The highest BCUT2D eigenvalue weighted by Gasteiger charge is 2.15. The molecule has 0 fully saturated rings. The zero-order valence-corrected chi connectivity index (χ0v) is 12.1. The van der Waals surface area contributed by atoms with Gasteiger partial charge in [-0.1, -0.05) is 30.3 Å². The van der Waals surface area contributed by atoms with E-state index >= 15 is 0 Å². The van der Waals surface area contributed by atoms with Gasteiger partial charge >= 0.3 is 0 Å². The number of hydrogen-bond donors (Lipinski definition) is 0. The lowest BCUT2D eigenvalue weighted by Crippen LogP contribution is -2.09. The summed E-state index contributed by atoms with van der Waals surface area (Å²) in [5.41, 5.74) is 2.62. The molecule has 0 radical (unpaired) electrons. The molecule has 1 heterocycles. The third-order valence-electron chi connectivity index (χ3n) is 3.57. The van der Waals surface area contributed by atoms with Crippen LogP contribution in [0.25, 0.3) is 0 Å². The maximum absolute atomic E-state index is 11.8. The molecular formula is C18H18N2O. The Labute approximate surface area is 125 Å². The van der Waals surface area contributed by atoms with Crippen LogP contribution in [0.1, 0.15) is 42.5 Å². The molecular weight excluding hydrogens is 260 g/mol. The highest BCUT2D eigenvalue weighted by atomic mass is 16.1. The lowest BCUT2D eigenvalue weighted by Gasteiger charge is -2.13. The predicted molar refractivity (Wildman–Crippen MR) is 81.8 cm³/mol. The van der Waals surface area contributed by atoms with Gasteiger partial charge in [-0.15, -0.1) is 0 Å². The first-order valence-electron chi connectivity index (χ1n) is 7.11. The monoisotopic (exact) mass is 278 g/mol. The van der Waals surface area contributed by atoms with Gasteiger partial charge in [0.15, 0.2) is 0 Å². The molecule has 106 valence electrons. The Bertz CT molecular complexity index is 627. The van der Waals surface area contributed by atoms with E-state index in [0.717, 1.165) is 30.5 Å². The molecule has 0 amide bonds. The molecule has 0 aliphatic carbocycles. The molecule has 3 heteroatoms. The summed E-state index contributed by atoms with van der Waals surface area (Å²) < 4.78 is 0. The maximum Gasteiger partial charge on any atom is 0.137 e. The number of pyridine rings is 1. The van der Waals surface area contributed by atoms with E-state index in [0.29, 0.717) is 5.56 Å². The van der Waals surface area contributed by atoms with Crippen molar-refractivity contribution in [1.82, 2.24) is 4.98 Å². The zero-order valence-electron chi connectivity index (χ0n) is 12.1. The summed E-state index contributed by atoms with van der Waals surface area (Å²) in [6.45, 7) is 1.65. The number of nitriles is 1. The number of rotatable bonds is 6. The Morgan fingerprint density at radius 2 is 2.00 bits per heavy atom. The van der Waals surface area contributed by atoms with Crippen LogP contribution >= 0.6 is 0 Å². The minimum atomic E-state index is -0.0374. The average molecular weight is 278 g/mol. The minimum absolute atomic E-state index is 0.0374. The summed E-state index contributed by atoms with van der Waals surface area (Å²) in [6, 6.07) is 15.6. The van der Waals surface area contributed by atoms with Gasteiger partial charge in [-0.2, -0.15) is 5.26 Å². The first kappa shape index (κ1) is 14.9. The Balaban J connectivity index is 1.93. The molecule has 0 saturated carbocycles. The smallest absolute Gasteiger partial charge is 0.137 e. The van der Waals surface area contributed by atoms with E-state index in [1.54, 1.807) is 19.2 Å². The van der Waals surface area contributed by atoms with Crippen molar-refractivity contribution in [3.63, 3.8) is 0 Å². The van der Waals surface area contributed by atoms with Crippen molar-refractivity contribution >= 4 is 5.78 Å². The molecule has 1 aromatic heterocycles. The second-order valence-electron chi connectivity index (χ2n) is 5.12. The van der Waals surface area contributed by atoms with Gasteiger partial charge in [0.25, 0.3) is 0 Å². The molecule has 1 atom stereocenters. The molecule has 0 spiro atoms. The van der Waals surface area contributed by atoms with Crippen LogP contribution in [-0.2, 0) is 11.2 Å². The molecule has 3 nitrogen and oxygen atoms in total. The van der Waals surface area contributed by atoms with Gasteiger partial charge in [0.2, 0.25) is 0 Å². The maximum atomic E-state index is 11.8. The summed E-state index contributed by atoms with van der Waals surface area (Å²) in [4.78, 5) is 16.1. The van der Waals surface area contributed by atoms with E-state index in [1.807, 2.05) is 36.4 Å². The van der Waals surface area contributed by atoms with E-state index in [1.165, 1.54) is 0 Å². The molecule has 21 heavy (non-hydrogen) atoms. The fourth-order valence-electron chi connectivity index (χ4n) is 2.42. The molecule has 0 N–H and O–H groups in total. The van der Waals surface area contributed by atoms with Crippen LogP contribution in [0, 0.1) is 11.3 Å². The van der Waals surface area contributed by atoms with Crippen molar-refractivity contribution in [3.05, 3.63) is 65.5 Å². The lowest BCUT2D eigenvalue weighted by atomic mass is 9.90. The highest BCUT2D eigenvalue weighted by Crippen LogP contribution is 2.23. The largest absolute Gasteiger partial charge is 0.299 e. The second kappa shape index (κ2) is 7.35. The van der Waals surface area contributed by atoms with Crippen molar-refractivity contribution in [2.75, 3.05) is 0 Å². The van der Waals surface area contributed by atoms with Gasteiger partial charge in [-0.25, -0.2) is 0 Å². The summed E-state index contributed by atoms with van der Waals surface area (Å²) in [7, 11) is 0. The number of benzene rings is 1. The van der Waals surface area contributed by atoms with Crippen LogP contribution in [0.5, 0.6) is 0 Å². The van der Waals surface area contributed by atoms with E-state index in [-0.39, 0.29) is 11.7 Å². The van der Waals surface area contributed by atoms with Gasteiger partial charge in [-0.3, -0.25) is 9.78 Å². The lowest BCUT2D eigenvalue weighted by molar-refractivity contribution is -0.118.